The minimum absolute atomic E-state index is 0.170. The molecule has 8 heteroatoms. The number of anilines is 1. The molecule has 0 bridgehead atoms. The van der Waals surface area contributed by atoms with Crippen LogP contribution in [0.5, 0.6) is 0 Å². The van der Waals surface area contributed by atoms with Crippen LogP contribution in [-0.4, -0.2) is 23.9 Å². The molecule has 0 aromatic heterocycles. The lowest BCUT2D eigenvalue weighted by Crippen LogP contribution is -2.48. The molecule has 0 saturated carbocycles. The monoisotopic (exact) mass is 427 g/mol. The van der Waals surface area contributed by atoms with Gasteiger partial charge in [-0.25, -0.2) is 9.59 Å². The fourth-order valence-electron chi connectivity index (χ4n) is 2.06. The Morgan fingerprint density at radius 2 is 1.77 bits per heavy atom. The van der Waals surface area contributed by atoms with Crippen LogP contribution in [0.4, 0.5) is 10.5 Å². The van der Waals surface area contributed by atoms with Crippen LogP contribution in [0.15, 0.2) is 28.7 Å². The summed E-state index contributed by atoms with van der Waals surface area (Å²) < 4.78 is 0.892. The van der Waals surface area contributed by atoms with Gasteiger partial charge in [-0.2, -0.15) is 5.48 Å². The van der Waals surface area contributed by atoms with Gasteiger partial charge in [-0.1, -0.05) is 50.0 Å². The van der Waals surface area contributed by atoms with E-state index in [1.807, 2.05) is 27.7 Å². The topological polar surface area (TPSA) is 96.5 Å². The summed E-state index contributed by atoms with van der Waals surface area (Å²) in [6, 6.07) is 5.72. The fourth-order valence-corrected chi connectivity index (χ4v) is 2.33. The molecule has 1 rings (SSSR count). The molecule has 0 unspecified atom stereocenters. The van der Waals surface area contributed by atoms with Crippen molar-refractivity contribution in [3.8, 4) is 0 Å². The summed E-state index contributed by atoms with van der Waals surface area (Å²) in [5.41, 5.74) is 2.48. The molecule has 0 radical (unpaired) electrons. The first-order chi connectivity index (χ1) is 12.1. The van der Waals surface area contributed by atoms with Crippen LogP contribution in [0.2, 0.25) is 0 Å². The van der Waals surface area contributed by atoms with E-state index in [1.54, 1.807) is 24.3 Å². The Kier molecular flexibility index (Phi) is 8.57. The van der Waals surface area contributed by atoms with Gasteiger partial charge in [-0.05, 0) is 36.1 Å². The Morgan fingerprint density at radius 1 is 1.15 bits per heavy atom. The van der Waals surface area contributed by atoms with Gasteiger partial charge in [0.1, 0.15) is 6.04 Å². The number of nitrogens with one attached hydrogen (secondary N) is 3. The van der Waals surface area contributed by atoms with Gasteiger partial charge in [-0.3, -0.25) is 4.79 Å². The van der Waals surface area contributed by atoms with Gasteiger partial charge in [0.2, 0.25) is 0 Å². The van der Waals surface area contributed by atoms with Crippen molar-refractivity contribution in [2.45, 2.75) is 53.0 Å². The molecule has 26 heavy (non-hydrogen) atoms. The third kappa shape index (κ3) is 8.84. The molecular weight excluding hydrogens is 402 g/mol. The normalized spacial score (nSPS) is 12.0. The highest BCUT2D eigenvalue weighted by molar-refractivity contribution is 9.10. The van der Waals surface area contributed by atoms with Gasteiger partial charge in [-0.15, -0.1) is 0 Å². The molecule has 3 N–H and O–H groups in total. The number of hydrogen-bond donors (Lipinski definition) is 3. The van der Waals surface area contributed by atoms with Gasteiger partial charge in [0.25, 0.3) is 5.91 Å². The molecule has 0 aliphatic heterocycles. The first-order valence-electron chi connectivity index (χ1n) is 8.43. The van der Waals surface area contributed by atoms with Gasteiger partial charge in [0.15, 0.2) is 0 Å². The van der Waals surface area contributed by atoms with Gasteiger partial charge in [0, 0.05) is 10.2 Å². The van der Waals surface area contributed by atoms with Crippen LogP contribution in [0, 0.1) is 5.41 Å². The lowest BCUT2D eigenvalue weighted by atomic mass is 9.93. The number of rotatable bonds is 6. The molecule has 0 fully saturated rings. The van der Waals surface area contributed by atoms with Crippen molar-refractivity contribution in [1.29, 1.82) is 0 Å². The number of hydroxylamine groups is 1. The second kappa shape index (κ2) is 10.2. The molecule has 0 aliphatic carbocycles. The third-order valence-corrected chi connectivity index (χ3v) is 3.77. The minimum atomic E-state index is -0.808. The Balaban J connectivity index is 2.55. The maximum atomic E-state index is 12.2. The van der Waals surface area contributed by atoms with E-state index in [0.717, 1.165) is 4.47 Å². The van der Waals surface area contributed by atoms with E-state index in [0.29, 0.717) is 18.5 Å². The fraction of sp³-hybridized carbons (Fsp3) is 0.500. The van der Waals surface area contributed by atoms with Crippen molar-refractivity contribution in [1.82, 2.24) is 10.8 Å². The van der Waals surface area contributed by atoms with Crippen LogP contribution in [0.3, 0.4) is 0 Å². The number of carbonyl (C=O) groups excluding carboxylic acids is 3. The van der Waals surface area contributed by atoms with E-state index in [-0.39, 0.29) is 11.8 Å². The molecule has 0 aliphatic rings. The van der Waals surface area contributed by atoms with Crippen LogP contribution in [0.1, 0.15) is 47.0 Å². The van der Waals surface area contributed by atoms with Crippen LogP contribution >= 0.6 is 15.9 Å². The van der Waals surface area contributed by atoms with Gasteiger partial charge < -0.3 is 15.5 Å². The van der Waals surface area contributed by atoms with Crippen LogP contribution in [-0.2, 0) is 14.4 Å². The quantitative estimate of drug-likeness (QED) is 0.602. The average Bonchev–Trinajstić information content (AvgIpc) is 2.53. The second-order valence-corrected chi connectivity index (χ2v) is 8.04. The zero-order chi connectivity index (χ0) is 19.7. The van der Waals surface area contributed by atoms with Crippen LogP contribution in [0.25, 0.3) is 0 Å². The molecule has 7 nitrogen and oxygen atoms in total. The molecule has 0 heterocycles. The molecule has 0 spiro atoms. The summed E-state index contributed by atoms with van der Waals surface area (Å²) in [4.78, 5) is 40.8. The first-order valence-corrected chi connectivity index (χ1v) is 9.22. The molecule has 1 aromatic carbocycles. The van der Waals surface area contributed by atoms with Gasteiger partial charge in [0.05, 0.1) is 6.42 Å². The van der Waals surface area contributed by atoms with Crippen molar-refractivity contribution < 1.29 is 19.2 Å². The summed E-state index contributed by atoms with van der Waals surface area (Å²) in [5, 5.41) is 5.24. The SMILES string of the molecule is CCC[C@H](NC(=O)Nc1ccc(Br)cc1)C(=O)NOC(=O)CC(C)(C)C. The molecule has 1 atom stereocenters. The lowest BCUT2D eigenvalue weighted by Gasteiger charge is -2.19. The molecule has 0 saturated heterocycles. The van der Waals surface area contributed by atoms with Crippen molar-refractivity contribution >= 4 is 39.5 Å². The summed E-state index contributed by atoms with van der Waals surface area (Å²) >= 11 is 3.32. The first kappa shape index (κ1) is 22.0. The second-order valence-electron chi connectivity index (χ2n) is 7.12. The van der Waals surface area contributed by atoms with E-state index < -0.39 is 23.9 Å². The predicted octanol–water partition coefficient (Wildman–Crippen LogP) is 3.75. The van der Waals surface area contributed by atoms with E-state index in [4.69, 9.17) is 4.84 Å². The predicted molar refractivity (Wildman–Crippen MR) is 103 cm³/mol. The molecular formula is C18H26BrN3O4. The number of halogens is 1. The van der Waals surface area contributed by atoms with Crippen molar-refractivity contribution in [3.63, 3.8) is 0 Å². The summed E-state index contributed by atoms with van der Waals surface area (Å²) in [6.45, 7) is 7.57. The highest BCUT2D eigenvalue weighted by Gasteiger charge is 2.23. The third-order valence-electron chi connectivity index (χ3n) is 3.24. The largest absolute Gasteiger partial charge is 0.341 e. The highest BCUT2D eigenvalue weighted by atomic mass is 79.9. The number of benzene rings is 1. The molecule has 3 amide bonds. The van der Waals surface area contributed by atoms with Crippen LogP contribution < -0.4 is 16.1 Å². The van der Waals surface area contributed by atoms with E-state index in [1.165, 1.54) is 0 Å². The van der Waals surface area contributed by atoms with Crippen molar-refractivity contribution in [2.75, 3.05) is 5.32 Å². The zero-order valence-electron chi connectivity index (χ0n) is 15.5. The zero-order valence-corrected chi connectivity index (χ0v) is 17.1. The Labute approximate surface area is 162 Å². The van der Waals surface area contributed by atoms with Gasteiger partial charge >= 0.3 is 12.0 Å². The summed E-state index contributed by atoms with van der Waals surface area (Å²) in [5.74, 6) is -1.10. The Bertz CT molecular complexity index is 626. The Morgan fingerprint density at radius 3 is 2.31 bits per heavy atom. The van der Waals surface area contributed by atoms with Crippen molar-refractivity contribution in [3.05, 3.63) is 28.7 Å². The smallest absolute Gasteiger partial charge is 0.332 e. The maximum Gasteiger partial charge on any atom is 0.332 e. The number of amides is 3. The van der Waals surface area contributed by atoms with E-state index >= 15 is 0 Å². The highest BCUT2D eigenvalue weighted by Crippen LogP contribution is 2.18. The average molecular weight is 428 g/mol. The number of hydrogen-bond acceptors (Lipinski definition) is 4. The summed E-state index contributed by atoms with van der Waals surface area (Å²) in [7, 11) is 0. The minimum Gasteiger partial charge on any atom is -0.341 e. The lowest BCUT2D eigenvalue weighted by molar-refractivity contribution is -0.160. The Hall–Kier alpha value is -2.09. The molecule has 144 valence electrons. The number of urea groups is 1. The standard InChI is InChI=1S/C18H26BrN3O4/c1-5-6-14(16(24)22-26-15(23)11-18(2,3)4)21-17(25)20-13-9-7-12(19)8-10-13/h7-10,14H,5-6,11H2,1-4H3,(H,22,24)(H2,20,21,25)/t14-/m0/s1. The van der Waals surface area contributed by atoms with E-state index in [2.05, 4.69) is 32.0 Å². The summed E-state index contributed by atoms with van der Waals surface area (Å²) in [6.07, 6.45) is 1.26. The van der Waals surface area contributed by atoms with Crippen molar-refractivity contribution in [2.24, 2.45) is 5.41 Å². The maximum absolute atomic E-state index is 12.2. The number of carbonyl (C=O) groups is 3. The molecule has 1 aromatic rings. The van der Waals surface area contributed by atoms with E-state index in [9.17, 15) is 14.4 Å².